The molecule has 2 aliphatic rings. The minimum absolute atomic E-state index is 0.373. The van der Waals surface area contributed by atoms with E-state index in [-0.39, 0.29) is 0 Å². The van der Waals surface area contributed by atoms with Gasteiger partial charge in [0.2, 0.25) is 0 Å². The number of aryl methyl sites for hydroxylation is 1. The Labute approximate surface area is 107 Å². The van der Waals surface area contributed by atoms with Crippen LogP contribution in [0.4, 0.5) is 11.6 Å². The van der Waals surface area contributed by atoms with Crippen LogP contribution >= 0.6 is 0 Å². The first-order chi connectivity index (χ1) is 8.76. The van der Waals surface area contributed by atoms with Gasteiger partial charge in [0.1, 0.15) is 17.5 Å². The molecule has 2 unspecified atom stereocenters. The molecule has 2 N–H and O–H groups in total. The van der Waals surface area contributed by atoms with E-state index in [4.69, 9.17) is 4.74 Å². The van der Waals surface area contributed by atoms with Gasteiger partial charge < -0.3 is 15.4 Å². The summed E-state index contributed by atoms with van der Waals surface area (Å²) in [5, 5.41) is 6.57. The molecule has 1 aliphatic carbocycles. The number of hydrogen-bond donors (Lipinski definition) is 2. The zero-order valence-corrected chi connectivity index (χ0v) is 10.9. The van der Waals surface area contributed by atoms with Gasteiger partial charge in [0, 0.05) is 19.7 Å². The number of rotatable bonds is 4. The standard InChI is InChI=1S/C13H20N4O/c1-8-15-11(14-2)7-12(16-8)17-10-5-6-18-13(10)9-3-4-9/h7,9-10,13H,3-6H2,1-2H3,(H2,14,15,16,17). The van der Waals surface area contributed by atoms with Gasteiger partial charge in [-0.05, 0) is 32.1 Å². The van der Waals surface area contributed by atoms with E-state index in [1.807, 2.05) is 20.0 Å². The summed E-state index contributed by atoms with van der Waals surface area (Å²) in [6, 6.07) is 2.35. The van der Waals surface area contributed by atoms with Crippen molar-refractivity contribution in [2.75, 3.05) is 24.3 Å². The average molecular weight is 248 g/mol. The molecule has 2 heterocycles. The van der Waals surface area contributed by atoms with E-state index in [2.05, 4.69) is 20.6 Å². The molecule has 0 aromatic carbocycles. The van der Waals surface area contributed by atoms with Crippen molar-refractivity contribution in [2.45, 2.75) is 38.3 Å². The van der Waals surface area contributed by atoms with Crippen LogP contribution in [0.1, 0.15) is 25.1 Å². The summed E-state index contributed by atoms with van der Waals surface area (Å²) in [6.07, 6.45) is 4.07. The Morgan fingerprint density at radius 1 is 1.22 bits per heavy atom. The molecule has 1 aromatic heterocycles. The van der Waals surface area contributed by atoms with E-state index in [9.17, 15) is 0 Å². The van der Waals surface area contributed by atoms with Gasteiger partial charge in [-0.25, -0.2) is 9.97 Å². The molecule has 0 amide bonds. The second-order valence-electron chi connectivity index (χ2n) is 5.15. The van der Waals surface area contributed by atoms with Crippen LogP contribution < -0.4 is 10.6 Å². The molecule has 3 rings (SSSR count). The van der Waals surface area contributed by atoms with E-state index in [1.165, 1.54) is 12.8 Å². The van der Waals surface area contributed by atoms with Gasteiger partial charge in [0.25, 0.3) is 0 Å². The smallest absolute Gasteiger partial charge is 0.132 e. The van der Waals surface area contributed by atoms with Crippen LogP contribution in [0.2, 0.25) is 0 Å². The largest absolute Gasteiger partial charge is 0.376 e. The van der Waals surface area contributed by atoms with Gasteiger partial charge in [0.05, 0.1) is 12.1 Å². The highest BCUT2D eigenvalue weighted by atomic mass is 16.5. The molecule has 98 valence electrons. The Bertz CT molecular complexity index is 433. The predicted octanol–water partition coefficient (Wildman–Crippen LogP) is 1.81. The average Bonchev–Trinajstić information content (AvgIpc) is 3.10. The second-order valence-corrected chi connectivity index (χ2v) is 5.15. The zero-order valence-electron chi connectivity index (χ0n) is 10.9. The quantitative estimate of drug-likeness (QED) is 0.851. The SMILES string of the molecule is CNc1cc(NC2CCOC2C2CC2)nc(C)n1. The van der Waals surface area contributed by atoms with Crippen molar-refractivity contribution in [1.82, 2.24) is 9.97 Å². The lowest BCUT2D eigenvalue weighted by Crippen LogP contribution is -2.31. The number of nitrogens with zero attached hydrogens (tertiary/aromatic N) is 2. The van der Waals surface area contributed by atoms with Crippen molar-refractivity contribution in [3.63, 3.8) is 0 Å². The van der Waals surface area contributed by atoms with E-state index in [1.54, 1.807) is 0 Å². The van der Waals surface area contributed by atoms with Crippen LogP contribution in [0.5, 0.6) is 0 Å². The molecule has 1 aromatic rings. The number of hydrogen-bond acceptors (Lipinski definition) is 5. The maximum Gasteiger partial charge on any atom is 0.132 e. The maximum atomic E-state index is 5.83. The van der Waals surface area contributed by atoms with Crippen molar-refractivity contribution >= 4 is 11.6 Å². The van der Waals surface area contributed by atoms with Gasteiger partial charge in [-0.2, -0.15) is 0 Å². The minimum atomic E-state index is 0.373. The third kappa shape index (κ3) is 2.41. The third-order valence-electron chi connectivity index (χ3n) is 3.65. The summed E-state index contributed by atoms with van der Waals surface area (Å²) in [4.78, 5) is 8.74. The van der Waals surface area contributed by atoms with E-state index >= 15 is 0 Å². The Balaban J connectivity index is 1.73. The normalized spacial score (nSPS) is 27.2. The molecule has 0 radical (unpaired) electrons. The summed E-state index contributed by atoms with van der Waals surface area (Å²) in [5.74, 6) is 3.29. The van der Waals surface area contributed by atoms with Crippen molar-refractivity contribution in [2.24, 2.45) is 5.92 Å². The maximum absolute atomic E-state index is 5.83. The van der Waals surface area contributed by atoms with E-state index in [0.29, 0.717) is 12.1 Å². The van der Waals surface area contributed by atoms with Crippen molar-refractivity contribution in [3.05, 3.63) is 11.9 Å². The summed E-state index contributed by atoms with van der Waals surface area (Å²) in [7, 11) is 1.87. The molecule has 0 spiro atoms. The Morgan fingerprint density at radius 3 is 2.72 bits per heavy atom. The van der Waals surface area contributed by atoms with Gasteiger partial charge in [-0.1, -0.05) is 0 Å². The molecule has 18 heavy (non-hydrogen) atoms. The highest BCUT2D eigenvalue weighted by Crippen LogP contribution is 2.39. The molecular weight excluding hydrogens is 228 g/mol. The van der Waals surface area contributed by atoms with Crippen molar-refractivity contribution < 1.29 is 4.74 Å². The van der Waals surface area contributed by atoms with E-state index < -0.39 is 0 Å². The van der Waals surface area contributed by atoms with Crippen LogP contribution in [0.15, 0.2) is 6.07 Å². The molecule has 2 fully saturated rings. The first-order valence-electron chi connectivity index (χ1n) is 6.68. The van der Waals surface area contributed by atoms with Crippen LogP contribution in [-0.4, -0.2) is 35.8 Å². The molecular formula is C13H20N4O. The van der Waals surface area contributed by atoms with Gasteiger partial charge in [-0.15, -0.1) is 0 Å². The molecule has 1 aliphatic heterocycles. The van der Waals surface area contributed by atoms with Crippen LogP contribution in [0, 0.1) is 12.8 Å². The summed E-state index contributed by atoms with van der Waals surface area (Å²) < 4.78 is 5.83. The topological polar surface area (TPSA) is 59.1 Å². The highest BCUT2D eigenvalue weighted by molar-refractivity contribution is 5.48. The van der Waals surface area contributed by atoms with Crippen molar-refractivity contribution in [3.8, 4) is 0 Å². The fraction of sp³-hybridized carbons (Fsp3) is 0.692. The van der Waals surface area contributed by atoms with Gasteiger partial charge in [0.15, 0.2) is 0 Å². The summed E-state index contributed by atoms with van der Waals surface area (Å²) in [6.45, 7) is 2.78. The number of anilines is 2. The monoisotopic (exact) mass is 248 g/mol. The summed E-state index contributed by atoms with van der Waals surface area (Å²) >= 11 is 0. The first-order valence-corrected chi connectivity index (χ1v) is 6.68. The van der Waals surface area contributed by atoms with Gasteiger partial charge >= 0.3 is 0 Å². The zero-order chi connectivity index (χ0) is 12.5. The minimum Gasteiger partial charge on any atom is -0.376 e. The Morgan fingerprint density at radius 2 is 2.00 bits per heavy atom. The van der Waals surface area contributed by atoms with Crippen LogP contribution in [-0.2, 0) is 4.74 Å². The molecule has 5 heteroatoms. The first kappa shape index (κ1) is 11.7. The molecule has 1 saturated heterocycles. The molecule has 2 atom stereocenters. The summed E-state index contributed by atoms with van der Waals surface area (Å²) in [5.41, 5.74) is 0. The molecule has 5 nitrogen and oxygen atoms in total. The van der Waals surface area contributed by atoms with Gasteiger partial charge in [-0.3, -0.25) is 0 Å². The van der Waals surface area contributed by atoms with Crippen LogP contribution in [0.3, 0.4) is 0 Å². The van der Waals surface area contributed by atoms with Crippen LogP contribution in [0.25, 0.3) is 0 Å². The highest BCUT2D eigenvalue weighted by Gasteiger charge is 2.40. The number of nitrogens with one attached hydrogen (secondary N) is 2. The second kappa shape index (κ2) is 4.72. The Hall–Kier alpha value is -1.36. The predicted molar refractivity (Wildman–Crippen MR) is 70.8 cm³/mol. The lowest BCUT2D eigenvalue weighted by molar-refractivity contribution is 0.0898. The number of aromatic nitrogens is 2. The van der Waals surface area contributed by atoms with Crippen molar-refractivity contribution in [1.29, 1.82) is 0 Å². The van der Waals surface area contributed by atoms with E-state index in [0.717, 1.165) is 36.4 Å². The third-order valence-corrected chi connectivity index (χ3v) is 3.65. The lowest BCUT2D eigenvalue weighted by Gasteiger charge is -2.20. The Kier molecular flexibility index (Phi) is 3.07. The number of ether oxygens (including phenoxy) is 1. The fourth-order valence-electron chi connectivity index (χ4n) is 2.61. The lowest BCUT2D eigenvalue weighted by atomic mass is 10.1. The molecule has 1 saturated carbocycles. The fourth-order valence-corrected chi connectivity index (χ4v) is 2.61. The molecule has 0 bridgehead atoms.